The monoisotopic (exact) mass is 343 g/mol. The zero-order chi connectivity index (χ0) is 14.7. The summed E-state index contributed by atoms with van der Waals surface area (Å²) in [7, 11) is 0. The minimum absolute atomic E-state index is 0.128. The quantitative estimate of drug-likeness (QED) is 0.667. The second-order valence-electron chi connectivity index (χ2n) is 4.94. The van der Waals surface area contributed by atoms with Gasteiger partial charge < -0.3 is 10.0 Å². The van der Waals surface area contributed by atoms with Crippen LogP contribution in [0, 0.1) is 10.1 Å². The topological polar surface area (TPSA) is 69.8 Å². The number of piperazine rings is 1. The molecule has 0 bridgehead atoms. The van der Waals surface area contributed by atoms with Crippen LogP contribution in [0.3, 0.4) is 0 Å². The van der Waals surface area contributed by atoms with Gasteiger partial charge in [-0.3, -0.25) is 15.0 Å². The van der Waals surface area contributed by atoms with Crippen molar-refractivity contribution in [3.8, 4) is 0 Å². The molecule has 1 N–H and O–H groups in total. The number of hydrogen-bond donors (Lipinski definition) is 1. The van der Waals surface area contributed by atoms with E-state index in [0.29, 0.717) is 10.2 Å². The molecule has 20 heavy (non-hydrogen) atoms. The second-order valence-corrected chi connectivity index (χ2v) is 5.86. The highest BCUT2D eigenvalue weighted by molar-refractivity contribution is 9.10. The van der Waals surface area contributed by atoms with Gasteiger partial charge >= 0.3 is 0 Å². The number of nitrogens with zero attached hydrogens (tertiary/aromatic N) is 3. The Hall–Kier alpha value is -1.18. The Morgan fingerprint density at radius 1 is 1.40 bits per heavy atom. The zero-order valence-electron chi connectivity index (χ0n) is 11.3. The Bertz CT molecular complexity index is 490. The molecule has 1 aromatic carbocycles. The van der Waals surface area contributed by atoms with Gasteiger partial charge in [0.15, 0.2) is 0 Å². The van der Waals surface area contributed by atoms with E-state index < -0.39 is 0 Å². The molecule has 0 spiro atoms. The minimum Gasteiger partial charge on any atom is -0.395 e. The van der Waals surface area contributed by atoms with Crippen molar-refractivity contribution in [1.82, 2.24) is 4.90 Å². The highest BCUT2D eigenvalue weighted by Crippen LogP contribution is 2.31. The fourth-order valence-corrected chi connectivity index (χ4v) is 2.78. The molecule has 1 atom stereocenters. The Morgan fingerprint density at radius 2 is 2.05 bits per heavy atom. The van der Waals surface area contributed by atoms with Gasteiger partial charge in [0.2, 0.25) is 0 Å². The molecule has 0 aliphatic carbocycles. The van der Waals surface area contributed by atoms with E-state index in [0.717, 1.165) is 26.2 Å². The minimum atomic E-state index is -0.344. The van der Waals surface area contributed by atoms with Crippen LogP contribution in [0.5, 0.6) is 0 Å². The largest absolute Gasteiger partial charge is 0.395 e. The van der Waals surface area contributed by atoms with E-state index in [1.54, 1.807) is 6.07 Å². The maximum absolute atomic E-state index is 11.2. The lowest BCUT2D eigenvalue weighted by atomic mass is 10.2. The third-order valence-corrected chi connectivity index (χ3v) is 4.17. The molecule has 1 unspecified atom stereocenters. The average Bonchev–Trinajstić information content (AvgIpc) is 2.46. The molecule has 0 saturated carbocycles. The van der Waals surface area contributed by atoms with Crippen molar-refractivity contribution in [1.29, 1.82) is 0 Å². The molecule has 0 amide bonds. The van der Waals surface area contributed by atoms with Crippen molar-refractivity contribution in [2.24, 2.45) is 0 Å². The molecule has 0 aromatic heterocycles. The Morgan fingerprint density at radius 3 is 2.60 bits per heavy atom. The molecule has 1 aromatic rings. The summed E-state index contributed by atoms with van der Waals surface area (Å²) in [6, 6.07) is 5.29. The highest BCUT2D eigenvalue weighted by atomic mass is 79.9. The number of rotatable bonds is 4. The van der Waals surface area contributed by atoms with Gasteiger partial charge in [0.05, 0.1) is 11.5 Å². The SMILES string of the molecule is CC(CO)N1CCN(c2ccc(Br)cc2[N+](=O)[O-])CC1. The summed E-state index contributed by atoms with van der Waals surface area (Å²) >= 11 is 3.27. The van der Waals surface area contributed by atoms with Crippen LogP contribution in [-0.2, 0) is 0 Å². The summed E-state index contributed by atoms with van der Waals surface area (Å²) in [6.45, 7) is 5.18. The predicted octanol–water partition coefficient (Wildman–Crippen LogP) is 1.86. The van der Waals surface area contributed by atoms with Crippen LogP contribution in [0.1, 0.15) is 6.92 Å². The number of hydrogen-bond acceptors (Lipinski definition) is 5. The number of nitro benzene ring substituents is 1. The molecule has 110 valence electrons. The zero-order valence-corrected chi connectivity index (χ0v) is 12.9. The average molecular weight is 344 g/mol. The first-order valence-corrected chi connectivity index (χ1v) is 7.36. The van der Waals surface area contributed by atoms with Crippen molar-refractivity contribution >= 4 is 27.3 Å². The number of aliphatic hydroxyl groups is 1. The molecule has 7 heteroatoms. The summed E-state index contributed by atoms with van der Waals surface area (Å²) < 4.78 is 0.709. The third kappa shape index (κ3) is 3.28. The fraction of sp³-hybridized carbons (Fsp3) is 0.538. The molecule has 1 aliphatic rings. The van der Waals surface area contributed by atoms with E-state index in [4.69, 9.17) is 5.11 Å². The third-order valence-electron chi connectivity index (χ3n) is 3.68. The van der Waals surface area contributed by atoms with Gasteiger partial charge in [-0.1, -0.05) is 15.9 Å². The number of nitro groups is 1. The summed E-state index contributed by atoms with van der Waals surface area (Å²) in [4.78, 5) is 15.0. The molecule has 1 aliphatic heterocycles. The molecule has 1 saturated heterocycles. The van der Waals surface area contributed by atoms with Gasteiger partial charge in [0.25, 0.3) is 5.69 Å². The van der Waals surface area contributed by atoms with Gasteiger partial charge in [-0.15, -0.1) is 0 Å². The number of aliphatic hydroxyl groups excluding tert-OH is 1. The normalized spacial score (nSPS) is 18.1. The number of benzene rings is 1. The van der Waals surface area contributed by atoms with Gasteiger partial charge in [-0.2, -0.15) is 0 Å². The van der Waals surface area contributed by atoms with Crippen LogP contribution in [0.25, 0.3) is 0 Å². The molecular weight excluding hydrogens is 326 g/mol. The maximum Gasteiger partial charge on any atom is 0.293 e. The highest BCUT2D eigenvalue weighted by Gasteiger charge is 2.25. The summed E-state index contributed by atoms with van der Waals surface area (Å²) in [5.41, 5.74) is 0.789. The first-order chi connectivity index (χ1) is 9.52. The predicted molar refractivity (Wildman–Crippen MR) is 81.1 cm³/mol. The van der Waals surface area contributed by atoms with E-state index in [1.807, 2.05) is 17.9 Å². The number of anilines is 1. The van der Waals surface area contributed by atoms with Crippen molar-refractivity contribution in [2.75, 3.05) is 37.7 Å². The Kier molecular flexibility index (Phi) is 4.95. The van der Waals surface area contributed by atoms with E-state index in [2.05, 4.69) is 20.8 Å². The smallest absolute Gasteiger partial charge is 0.293 e. The van der Waals surface area contributed by atoms with Crippen LogP contribution in [0.15, 0.2) is 22.7 Å². The lowest BCUT2D eigenvalue weighted by Crippen LogP contribution is -2.50. The lowest BCUT2D eigenvalue weighted by molar-refractivity contribution is -0.384. The van der Waals surface area contributed by atoms with Gasteiger partial charge in [0, 0.05) is 42.8 Å². The van der Waals surface area contributed by atoms with E-state index in [1.165, 1.54) is 6.07 Å². The van der Waals surface area contributed by atoms with Crippen molar-refractivity contribution in [3.63, 3.8) is 0 Å². The Labute approximate surface area is 126 Å². The van der Waals surface area contributed by atoms with E-state index in [9.17, 15) is 10.1 Å². The van der Waals surface area contributed by atoms with Crippen LogP contribution in [0.4, 0.5) is 11.4 Å². The molecule has 6 nitrogen and oxygen atoms in total. The van der Waals surface area contributed by atoms with Gasteiger partial charge in [-0.25, -0.2) is 0 Å². The molecule has 2 rings (SSSR count). The standard InChI is InChI=1S/C13H18BrN3O3/c1-10(9-18)15-4-6-16(7-5-15)12-3-2-11(14)8-13(12)17(19)20/h2-3,8,10,18H,4-7,9H2,1H3. The van der Waals surface area contributed by atoms with E-state index in [-0.39, 0.29) is 23.3 Å². The van der Waals surface area contributed by atoms with Gasteiger partial charge in [0.1, 0.15) is 5.69 Å². The van der Waals surface area contributed by atoms with Crippen LogP contribution in [0.2, 0.25) is 0 Å². The molecule has 1 heterocycles. The van der Waals surface area contributed by atoms with Crippen LogP contribution < -0.4 is 4.90 Å². The summed E-state index contributed by atoms with van der Waals surface area (Å²) in [5, 5.41) is 20.3. The van der Waals surface area contributed by atoms with E-state index >= 15 is 0 Å². The first-order valence-electron chi connectivity index (χ1n) is 6.56. The molecule has 1 fully saturated rings. The second kappa shape index (κ2) is 6.51. The van der Waals surface area contributed by atoms with Gasteiger partial charge in [-0.05, 0) is 19.1 Å². The molecular formula is C13H18BrN3O3. The van der Waals surface area contributed by atoms with Crippen molar-refractivity contribution in [3.05, 3.63) is 32.8 Å². The fourth-order valence-electron chi connectivity index (χ4n) is 2.43. The van der Waals surface area contributed by atoms with Crippen LogP contribution >= 0.6 is 15.9 Å². The summed E-state index contributed by atoms with van der Waals surface area (Å²) in [5.74, 6) is 0. The first kappa shape index (κ1) is 15.2. The van der Waals surface area contributed by atoms with Crippen molar-refractivity contribution < 1.29 is 10.0 Å². The molecule has 0 radical (unpaired) electrons. The number of halogens is 1. The lowest BCUT2D eigenvalue weighted by Gasteiger charge is -2.38. The van der Waals surface area contributed by atoms with Crippen molar-refractivity contribution in [2.45, 2.75) is 13.0 Å². The Balaban J connectivity index is 2.13. The summed E-state index contributed by atoms with van der Waals surface area (Å²) in [6.07, 6.45) is 0. The maximum atomic E-state index is 11.2. The van der Waals surface area contributed by atoms with Crippen LogP contribution in [-0.4, -0.2) is 53.8 Å².